The molecule has 2 aromatic heterocycles. The number of rotatable bonds is 6. The first kappa shape index (κ1) is 28.3. The van der Waals surface area contributed by atoms with Gasteiger partial charge in [-0.2, -0.15) is 9.97 Å². The SMILES string of the molecule is Nc1nc2c(C3=Cc4nc(OC[C@@]56CCCN5C[C@H](F)C6)nc(N5CC6CCC(C5)N6)c4S(=O)N3C3CCC3)ccc(F)c2s1. The van der Waals surface area contributed by atoms with E-state index in [-0.39, 0.29) is 28.5 Å². The third-order valence-corrected chi connectivity index (χ3v) is 13.1. The van der Waals surface area contributed by atoms with E-state index >= 15 is 0 Å². The second-order valence-electron chi connectivity index (χ2n) is 13.5. The van der Waals surface area contributed by atoms with E-state index < -0.39 is 17.2 Å². The molecular formula is C31H36F2N8O2S2. The molecule has 5 atom stereocenters. The van der Waals surface area contributed by atoms with Crippen LogP contribution in [0.25, 0.3) is 22.0 Å². The normalized spacial score (nSPS) is 31.3. The van der Waals surface area contributed by atoms with Gasteiger partial charge < -0.3 is 20.7 Å². The lowest BCUT2D eigenvalue weighted by atomic mass is 9.92. The Morgan fingerprint density at radius 3 is 2.71 bits per heavy atom. The van der Waals surface area contributed by atoms with E-state index in [9.17, 15) is 13.0 Å². The monoisotopic (exact) mass is 654 g/mol. The molecule has 5 aliphatic heterocycles. The third-order valence-electron chi connectivity index (χ3n) is 10.7. The maximum Gasteiger partial charge on any atom is 0.319 e. The maximum atomic E-state index is 14.9. The standard InChI is InChI=1S/C31H36F2N8O2S2/c32-17-12-31(9-2-10-40(31)13-17)16-43-30-36-23-11-24(21-7-8-22(33)26-25(21)37-29(34)44-26)41(20-3-1-4-20)45(42)27(23)28(38-30)39-14-18-5-6-19(15-39)35-18/h7-8,11,17-20,35H,1-6,9-10,12-16H2,(H2,34,37)/t17-,18?,19?,31+,45?/m1/s1. The summed E-state index contributed by atoms with van der Waals surface area (Å²) in [4.78, 5) is 19.4. The molecule has 1 aromatic carbocycles. The molecule has 9 rings (SSSR count). The van der Waals surface area contributed by atoms with Crippen molar-refractivity contribution in [2.75, 3.05) is 43.4 Å². The van der Waals surface area contributed by atoms with Crippen molar-refractivity contribution in [3.8, 4) is 6.01 Å². The first-order valence-electron chi connectivity index (χ1n) is 16.1. The van der Waals surface area contributed by atoms with Crippen molar-refractivity contribution in [3.05, 3.63) is 29.2 Å². The van der Waals surface area contributed by atoms with Gasteiger partial charge in [-0.25, -0.2) is 18.0 Å². The van der Waals surface area contributed by atoms with E-state index in [2.05, 4.69) is 20.1 Å². The fourth-order valence-electron chi connectivity index (χ4n) is 8.33. The van der Waals surface area contributed by atoms with Gasteiger partial charge in [0.15, 0.2) is 21.9 Å². The van der Waals surface area contributed by atoms with E-state index in [1.165, 1.54) is 6.07 Å². The van der Waals surface area contributed by atoms with Gasteiger partial charge in [-0.15, -0.1) is 0 Å². The lowest BCUT2D eigenvalue weighted by Gasteiger charge is -2.42. The predicted molar refractivity (Wildman–Crippen MR) is 170 cm³/mol. The summed E-state index contributed by atoms with van der Waals surface area (Å²) in [5, 5.41) is 3.96. The van der Waals surface area contributed by atoms with Gasteiger partial charge in [-0.05, 0) is 69.7 Å². The summed E-state index contributed by atoms with van der Waals surface area (Å²) in [6.45, 7) is 3.14. The van der Waals surface area contributed by atoms with Crippen molar-refractivity contribution >= 4 is 55.3 Å². The smallest absolute Gasteiger partial charge is 0.319 e. The fraction of sp³-hybridized carbons (Fsp3) is 0.581. The Kier molecular flexibility index (Phi) is 6.63. The Morgan fingerprint density at radius 1 is 1.11 bits per heavy atom. The van der Waals surface area contributed by atoms with Gasteiger partial charge in [0.05, 0.1) is 27.1 Å². The number of nitrogens with two attached hydrogens (primary N) is 1. The number of benzene rings is 1. The number of piperazine rings is 1. The highest BCUT2D eigenvalue weighted by atomic mass is 32.2. The van der Waals surface area contributed by atoms with E-state index in [0.717, 1.165) is 75.9 Å². The van der Waals surface area contributed by atoms with Crippen LogP contribution in [0.2, 0.25) is 0 Å². The van der Waals surface area contributed by atoms with Crippen LogP contribution in [0.4, 0.5) is 19.7 Å². The van der Waals surface area contributed by atoms with Crippen LogP contribution in [-0.2, 0) is 11.0 Å². The van der Waals surface area contributed by atoms with Gasteiger partial charge in [-0.3, -0.25) is 9.21 Å². The Labute approximate surface area is 266 Å². The summed E-state index contributed by atoms with van der Waals surface area (Å²) >= 11 is 1.11. The Balaban J connectivity index is 1.18. The number of anilines is 2. The van der Waals surface area contributed by atoms with Crippen LogP contribution in [-0.4, -0.2) is 91.0 Å². The maximum absolute atomic E-state index is 14.9. The molecule has 10 nitrogen and oxygen atoms in total. The Morgan fingerprint density at radius 2 is 1.93 bits per heavy atom. The zero-order valence-electron chi connectivity index (χ0n) is 24.9. The van der Waals surface area contributed by atoms with Gasteiger partial charge in [0.1, 0.15) is 23.5 Å². The highest BCUT2D eigenvalue weighted by Gasteiger charge is 2.50. The lowest BCUT2D eigenvalue weighted by Crippen LogP contribution is -2.52. The largest absolute Gasteiger partial charge is 0.461 e. The van der Waals surface area contributed by atoms with Crippen LogP contribution in [0.15, 0.2) is 17.0 Å². The number of aromatic nitrogens is 3. The van der Waals surface area contributed by atoms with Crippen LogP contribution in [0, 0.1) is 5.82 Å². The summed E-state index contributed by atoms with van der Waals surface area (Å²) in [6, 6.07) is 4.09. The minimum atomic E-state index is -1.63. The van der Waals surface area contributed by atoms with Crippen LogP contribution in [0.5, 0.6) is 6.01 Å². The zero-order valence-corrected chi connectivity index (χ0v) is 26.5. The predicted octanol–water partition coefficient (Wildman–Crippen LogP) is 4.09. The highest BCUT2D eigenvalue weighted by molar-refractivity contribution is 7.83. The van der Waals surface area contributed by atoms with Gasteiger partial charge >= 0.3 is 6.01 Å². The van der Waals surface area contributed by atoms with Crippen molar-refractivity contribution in [2.45, 2.75) is 86.1 Å². The molecule has 7 heterocycles. The number of ether oxygens (including phenoxy) is 1. The van der Waals surface area contributed by atoms with Gasteiger partial charge in [-0.1, -0.05) is 11.3 Å². The van der Waals surface area contributed by atoms with Gasteiger partial charge in [0.25, 0.3) is 0 Å². The highest BCUT2D eigenvalue weighted by Crippen LogP contribution is 2.46. The first-order chi connectivity index (χ1) is 21.8. The minimum absolute atomic E-state index is 0.0627. The quantitative estimate of drug-likeness (QED) is 0.406. The average Bonchev–Trinajstić information content (AvgIpc) is 3.74. The number of nitrogen functional groups attached to an aromatic ring is 1. The van der Waals surface area contributed by atoms with Crippen LogP contribution < -0.4 is 20.7 Å². The fourth-order valence-corrected chi connectivity index (χ4v) is 10.7. The molecule has 45 heavy (non-hydrogen) atoms. The number of hydrogen-bond acceptors (Lipinski definition) is 10. The molecule has 6 aliphatic rings. The molecule has 1 saturated carbocycles. The molecule has 3 N–H and O–H groups in total. The number of nitrogens with zero attached hydrogens (tertiary/aromatic N) is 6. The number of halogens is 2. The molecule has 3 unspecified atom stereocenters. The second-order valence-corrected chi connectivity index (χ2v) is 15.8. The Hall–Kier alpha value is -2.94. The molecule has 4 saturated heterocycles. The van der Waals surface area contributed by atoms with E-state index in [0.29, 0.717) is 69.5 Å². The topological polar surface area (TPSA) is 113 Å². The van der Waals surface area contributed by atoms with Crippen molar-refractivity contribution in [2.24, 2.45) is 0 Å². The number of nitrogens with one attached hydrogen (secondary N) is 1. The molecule has 238 valence electrons. The van der Waals surface area contributed by atoms with Gasteiger partial charge in [0, 0.05) is 49.7 Å². The molecule has 0 spiro atoms. The summed E-state index contributed by atoms with van der Waals surface area (Å²) in [5.74, 6) is 0.261. The summed E-state index contributed by atoms with van der Waals surface area (Å²) in [5.41, 5.74) is 8.05. The number of fused-ring (bicyclic) bond motifs is 5. The lowest BCUT2D eigenvalue weighted by molar-refractivity contribution is 0.107. The molecule has 14 heteroatoms. The van der Waals surface area contributed by atoms with E-state index in [4.69, 9.17) is 20.4 Å². The minimum Gasteiger partial charge on any atom is -0.461 e. The average molecular weight is 655 g/mol. The van der Waals surface area contributed by atoms with Crippen molar-refractivity contribution in [1.29, 1.82) is 0 Å². The molecule has 2 bridgehead atoms. The second kappa shape index (κ2) is 10.5. The van der Waals surface area contributed by atoms with Crippen molar-refractivity contribution < 1.29 is 17.7 Å². The van der Waals surface area contributed by atoms with Crippen molar-refractivity contribution in [3.63, 3.8) is 0 Å². The molecule has 1 aliphatic carbocycles. The summed E-state index contributed by atoms with van der Waals surface area (Å²) < 4.78 is 52.9. The number of thiazole rings is 1. The summed E-state index contributed by atoms with van der Waals surface area (Å²) in [6.07, 6.45) is 8.50. The van der Waals surface area contributed by atoms with Gasteiger partial charge in [0.2, 0.25) is 0 Å². The molecule has 5 fully saturated rings. The molecule has 0 radical (unpaired) electrons. The number of alkyl halides is 1. The summed E-state index contributed by atoms with van der Waals surface area (Å²) in [7, 11) is -1.63. The number of hydrogen-bond donors (Lipinski definition) is 2. The molecule has 3 aromatic rings. The van der Waals surface area contributed by atoms with Crippen LogP contribution >= 0.6 is 11.3 Å². The van der Waals surface area contributed by atoms with Crippen molar-refractivity contribution in [1.82, 2.24) is 29.5 Å². The van der Waals surface area contributed by atoms with E-state index in [1.807, 2.05) is 10.4 Å². The molecular weight excluding hydrogens is 619 g/mol. The Bertz CT molecular complexity index is 1740. The molecule has 0 amide bonds. The van der Waals surface area contributed by atoms with Crippen LogP contribution in [0.3, 0.4) is 0 Å². The first-order valence-corrected chi connectivity index (χ1v) is 18.0. The third kappa shape index (κ3) is 4.57. The van der Waals surface area contributed by atoms with E-state index in [1.54, 1.807) is 6.07 Å². The van der Waals surface area contributed by atoms with Crippen LogP contribution in [0.1, 0.15) is 62.6 Å². The zero-order chi connectivity index (χ0) is 30.4.